The summed E-state index contributed by atoms with van der Waals surface area (Å²) in [6, 6.07) is 8.68. The molecular weight excluding hydrogens is 578 g/mol. The van der Waals surface area contributed by atoms with Crippen LogP contribution in [0.15, 0.2) is 30.3 Å². The summed E-state index contributed by atoms with van der Waals surface area (Å²) in [5.41, 5.74) is -1.09. The van der Waals surface area contributed by atoms with Crippen molar-refractivity contribution in [3.63, 3.8) is 0 Å². The van der Waals surface area contributed by atoms with Gasteiger partial charge in [-0.2, -0.15) is 0 Å². The van der Waals surface area contributed by atoms with Gasteiger partial charge in [0.25, 0.3) is 0 Å². The fourth-order valence-corrected chi connectivity index (χ4v) is 4.78. The summed E-state index contributed by atoms with van der Waals surface area (Å²) >= 11 is 0. The quantitative estimate of drug-likeness (QED) is 0.262. The summed E-state index contributed by atoms with van der Waals surface area (Å²) in [6.45, 7) is 19.5. The van der Waals surface area contributed by atoms with Gasteiger partial charge in [-0.05, 0) is 74.3 Å². The van der Waals surface area contributed by atoms with E-state index in [1.165, 1.54) is 0 Å². The van der Waals surface area contributed by atoms with Crippen LogP contribution in [0, 0.1) is 0 Å². The van der Waals surface area contributed by atoms with Gasteiger partial charge in [0.15, 0.2) is 0 Å². The first-order valence-corrected chi connectivity index (χ1v) is 15.8. The van der Waals surface area contributed by atoms with E-state index in [4.69, 9.17) is 18.9 Å². The van der Waals surface area contributed by atoms with Gasteiger partial charge in [0, 0.05) is 45.7 Å². The van der Waals surface area contributed by atoms with Gasteiger partial charge < -0.3 is 18.9 Å². The molecule has 0 amide bonds. The fraction of sp³-hybridized carbons (Fsp3) is 0.706. The van der Waals surface area contributed by atoms with Crippen LogP contribution in [0.25, 0.3) is 0 Å². The van der Waals surface area contributed by atoms with Crippen LogP contribution in [-0.2, 0) is 44.7 Å². The number of rotatable bonds is 11. The number of carbonyl (C=O) groups excluding carboxylic acids is 4. The number of ether oxygens (including phenoxy) is 4. The van der Waals surface area contributed by atoms with Crippen LogP contribution in [0.1, 0.15) is 80.7 Å². The smallest absolute Gasteiger partial charge is 0.323 e. The van der Waals surface area contributed by atoms with Gasteiger partial charge in [-0.25, -0.2) is 0 Å². The summed E-state index contributed by atoms with van der Waals surface area (Å²) in [5, 5.41) is 0. The molecule has 0 N–H and O–H groups in total. The molecule has 0 spiro atoms. The normalized spacial score (nSPS) is 16.9. The maximum Gasteiger partial charge on any atom is 0.323 e. The Morgan fingerprint density at radius 1 is 0.644 bits per heavy atom. The summed E-state index contributed by atoms with van der Waals surface area (Å²) in [5.74, 6) is -1.54. The maximum atomic E-state index is 13.6. The third-order valence-corrected chi connectivity index (χ3v) is 6.67. The topological polar surface area (TPSA) is 115 Å². The Bertz CT molecular complexity index is 1060. The van der Waals surface area contributed by atoms with Crippen molar-refractivity contribution in [3.8, 4) is 0 Å². The van der Waals surface area contributed by atoms with Crippen LogP contribution >= 0.6 is 0 Å². The molecule has 1 aliphatic heterocycles. The van der Waals surface area contributed by atoms with E-state index in [2.05, 4.69) is 0 Å². The Morgan fingerprint density at radius 2 is 1.09 bits per heavy atom. The van der Waals surface area contributed by atoms with Crippen LogP contribution in [0.2, 0.25) is 0 Å². The Kier molecular flexibility index (Phi) is 14.5. The number of benzene rings is 1. The molecule has 1 fully saturated rings. The molecule has 1 atom stereocenters. The standard InChI is InChI=1S/C34H55N3O8/c1-32(2,3)43-29(39)23-35-17-18-36(24-30(40)44-33(4,5)6)20-22-37(21-19-35)27(31(41)45-34(7,8)9)15-16-28(38)42-25-26-13-11-10-12-14-26/h10-14,27H,15-25H2,1-9H3/t27-/m0/s1. The zero-order chi connectivity index (χ0) is 33.8. The van der Waals surface area contributed by atoms with Crippen molar-refractivity contribution in [1.82, 2.24) is 14.7 Å². The molecule has 0 saturated carbocycles. The fourth-order valence-electron chi connectivity index (χ4n) is 4.78. The third kappa shape index (κ3) is 16.7. The molecule has 0 bridgehead atoms. The minimum Gasteiger partial charge on any atom is -0.461 e. The third-order valence-electron chi connectivity index (χ3n) is 6.67. The minimum atomic E-state index is -0.738. The summed E-state index contributed by atoms with van der Waals surface area (Å²) in [6.07, 6.45) is 0.219. The van der Waals surface area contributed by atoms with Crippen molar-refractivity contribution in [2.75, 3.05) is 52.4 Å². The number of hydrogen-bond acceptors (Lipinski definition) is 11. The molecule has 11 nitrogen and oxygen atoms in total. The van der Waals surface area contributed by atoms with Gasteiger partial charge in [0.1, 0.15) is 29.5 Å². The lowest BCUT2D eigenvalue weighted by Crippen LogP contribution is -2.49. The lowest BCUT2D eigenvalue weighted by atomic mass is 10.1. The van der Waals surface area contributed by atoms with E-state index in [1.54, 1.807) is 20.8 Å². The molecule has 1 heterocycles. The Hall–Kier alpha value is -3.02. The molecule has 0 radical (unpaired) electrons. The first kappa shape index (κ1) is 38.2. The van der Waals surface area contributed by atoms with E-state index in [-0.39, 0.29) is 44.5 Å². The summed E-state index contributed by atoms with van der Waals surface area (Å²) < 4.78 is 22.4. The maximum absolute atomic E-state index is 13.6. The summed E-state index contributed by atoms with van der Waals surface area (Å²) in [7, 11) is 0. The number of nitrogens with zero attached hydrogens (tertiary/aromatic N) is 3. The second-order valence-electron chi connectivity index (χ2n) is 14.5. The minimum absolute atomic E-state index is 0.0243. The lowest BCUT2D eigenvalue weighted by molar-refractivity contribution is -0.163. The van der Waals surface area contributed by atoms with E-state index in [9.17, 15) is 19.2 Å². The average molecular weight is 634 g/mol. The highest BCUT2D eigenvalue weighted by atomic mass is 16.6. The summed E-state index contributed by atoms with van der Waals surface area (Å²) in [4.78, 5) is 57.8. The van der Waals surface area contributed by atoms with Crippen LogP contribution in [0.3, 0.4) is 0 Å². The zero-order valence-electron chi connectivity index (χ0n) is 28.8. The van der Waals surface area contributed by atoms with Gasteiger partial charge in [-0.3, -0.25) is 33.9 Å². The Morgan fingerprint density at radius 3 is 1.53 bits per heavy atom. The molecular formula is C34H55N3O8. The number of esters is 4. The predicted octanol–water partition coefficient (Wildman–Crippen LogP) is 3.82. The van der Waals surface area contributed by atoms with Gasteiger partial charge in [-0.1, -0.05) is 30.3 Å². The second-order valence-corrected chi connectivity index (χ2v) is 14.5. The first-order chi connectivity index (χ1) is 20.8. The molecule has 2 rings (SSSR count). The molecule has 45 heavy (non-hydrogen) atoms. The lowest BCUT2D eigenvalue weighted by Gasteiger charge is -2.33. The van der Waals surface area contributed by atoms with Crippen molar-refractivity contribution in [1.29, 1.82) is 0 Å². The van der Waals surface area contributed by atoms with Crippen LogP contribution in [0.5, 0.6) is 0 Å². The molecule has 1 aliphatic rings. The molecule has 0 unspecified atom stereocenters. The average Bonchev–Trinajstić information content (AvgIpc) is 2.96. The van der Waals surface area contributed by atoms with E-state index >= 15 is 0 Å². The molecule has 1 aromatic rings. The van der Waals surface area contributed by atoms with Crippen molar-refractivity contribution < 1.29 is 38.1 Å². The van der Waals surface area contributed by atoms with Crippen molar-refractivity contribution in [3.05, 3.63) is 35.9 Å². The molecule has 0 aromatic heterocycles. The first-order valence-electron chi connectivity index (χ1n) is 15.8. The highest BCUT2D eigenvalue weighted by Gasteiger charge is 2.33. The van der Waals surface area contributed by atoms with Crippen LogP contribution in [0.4, 0.5) is 0 Å². The van der Waals surface area contributed by atoms with E-state index < -0.39 is 34.8 Å². The SMILES string of the molecule is CC(C)(C)OC(=O)CN1CCN(CC(=O)OC(C)(C)C)CCN([C@@H](CCC(=O)OCc2ccccc2)C(=O)OC(C)(C)C)CC1. The van der Waals surface area contributed by atoms with E-state index in [0.717, 1.165) is 5.56 Å². The molecule has 254 valence electrons. The van der Waals surface area contributed by atoms with Gasteiger partial charge in [-0.15, -0.1) is 0 Å². The number of carbonyl (C=O) groups is 4. The molecule has 1 aromatic carbocycles. The Labute approximate surface area is 269 Å². The molecule has 11 heteroatoms. The van der Waals surface area contributed by atoms with Crippen LogP contribution < -0.4 is 0 Å². The van der Waals surface area contributed by atoms with Gasteiger partial charge in [0.05, 0.1) is 13.1 Å². The van der Waals surface area contributed by atoms with Crippen molar-refractivity contribution in [2.45, 2.75) is 105 Å². The van der Waals surface area contributed by atoms with E-state index in [1.807, 2.05) is 86.6 Å². The zero-order valence-corrected chi connectivity index (χ0v) is 28.8. The highest BCUT2D eigenvalue weighted by molar-refractivity contribution is 5.78. The van der Waals surface area contributed by atoms with E-state index in [0.29, 0.717) is 39.3 Å². The van der Waals surface area contributed by atoms with Gasteiger partial charge >= 0.3 is 23.9 Å². The second kappa shape index (κ2) is 17.1. The number of hydrogen-bond donors (Lipinski definition) is 0. The Balaban J connectivity index is 2.25. The molecule has 1 saturated heterocycles. The van der Waals surface area contributed by atoms with Crippen molar-refractivity contribution in [2.24, 2.45) is 0 Å². The predicted molar refractivity (Wildman–Crippen MR) is 171 cm³/mol. The molecule has 0 aliphatic carbocycles. The van der Waals surface area contributed by atoms with Crippen LogP contribution in [-0.4, -0.2) is 114 Å². The monoisotopic (exact) mass is 633 g/mol. The highest BCUT2D eigenvalue weighted by Crippen LogP contribution is 2.18. The van der Waals surface area contributed by atoms with Crippen molar-refractivity contribution >= 4 is 23.9 Å². The largest absolute Gasteiger partial charge is 0.461 e. The van der Waals surface area contributed by atoms with Gasteiger partial charge in [0.2, 0.25) is 0 Å².